The molecule has 0 aromatic heterocycles. The summed E-state index contributed by atoms with van der Waals surface area (Å²) in [7, 11) is -4.67. The van der Waals surface area contributed by atoms with Crippen molar-refractivity contribution in [1.82, 2.24) is 4.72 Å². The van der Waals surface area contributed by atoms with Gasteiger partial charge in [0.15, 0.2) is 5.25 Å². The van der Waals surface area contributed by atoms with Crippen LogP contribution in [0.3, 0.4) is 0 Å². The van der Waals surface area contributed by atoms with Crippen LogP contribution >= 0.6 is 0 Å². The fraction of sp³-hybridized carbons (Fsp3) is 0.800. The Hall–Kier alpha value is -0.830. The van der Waals surface area contributed by atoms with Crippen LogP contribution in [0.2, 0.25) is 0 Å². The summed E-state index contributed by atoms with van der Waals surface area (Å²) in [6.07, 6.45) is -4.91. The summed E-state index contributed by atoms with van der Waals surface area (Å²) in [6.45, 7) is -0.632. The largest absolute Gasteiger partial charge is 0.480 e. The molecule has 0 aliphatic rings. The van der Waals surface area contributed by atoms with E-state index in [0.29, 0.717) is 6.92 Å². The molecule has 1 atom stereocenters. The van der Waals surface area contributed by atoms with Crippen molar-refractivity contribution in [1.29, 1.82) is 0 Å². The zero-order chi connectivity index (χ0) is 11.6. The number of carbonyl (C=O) groups is 1. The predicted octanol–water partition coefficient (Wildman–Crippen LogP) is -0.0588. The van der Waals surface area contributed by atoms with Gasteiger partial charge in [0.05, 0.1) is 0 Å². The standard InChI is InChI=1S/C5H8F3NO4S/c1-3(5(6,7)8)14(12,13)9-2-4(10)11/h3,9H,2H2,1H3,(H,10,11). The van der Waals surface area contributed by atoms with Gasteiger partial charge in [-0.1, -0.05) is 0 Å². The number of carboxylic acid groups (broad SMARTS) is 1. The van der Waals surface area contributed by atoms with E-state index >= 15 is 0 Å². The van der Waals surface area contributed by atoms with Gasteiger partial charge >= 0.3 is 12.1 Å². The molecule has 0 spiro atoms. The molecule has 0 aromatic carbocycles. The van der Waals surface area contributed by atoms with Gasteiger partial charge in [0, 0.05) is 0 Å². The van der Waals surface area contributed by atoms with Crippen molar-refractivity contribution in [2.24, 2.45) is 0 Å². The summed E-state index contributed by atoms with van der Waals surface area (Å²) >= 11 is 0. The topological polar surface area (TPSA) is 83.5 Å². The summed E-state index contributed by atoms with van der Waals surface area (Å²) in [5.74, 6) is -1.55. The second-order valence-electron chi connectivity index (χ2n) is 2.44. The maximum absolute atomic E-state index is 11.9. The lowest BCUT2D eigenvalue weighted by atomic mass is 10.5. The lowest BCUT2D eigenvalue weighted by molar-refractivity contribution is -0.136. The summed E-state index contributed by atoms with van der Waals surface area (Å²) in [5, 5.41) is 5.42. The molecule has 0 fully saturated rings. The van der Waals surface area contributed by atoms with Gasteiger partial charge in [0.1, 0.15) is 6.54 Å². The van der Waals surface area contributed by atoms with Gasteiger partial charge < -0.3 is 5.11 Å². The van der Waals surface area contributed by atoms with Crippen molar-refractivity contribution in [3.63, 3.8) is 0 Å². The first kappa shape index (κ1) is 13.2. The minimum atomic E-state index is -4.91. The van der Waals surface area contributed by atoms with Crippen molar-refractivity contribution in [3.05, 3.63) is 0 Å². The Morgan fingerprint density at radius 3 is 2.21 bits per heavy atom. The van der Waals surface area contributed by atoms with Gasteiger partial charge in [-0.3, -0.25) is 4.79 Å². The number of halogens is 3. The molecule has 14 heavy (non-hydrogen) atoms. The summed E-state index contributed by atoms with van der Waals surface area (Å²) < 4.78 is 58.6. The zero-order valence-electron chi connectivity index (χ0n) is 7.00. The van der Waals surface area contributed by atoms with Crippen molar-refractivity contribution in [3.8, 4) is 0 Å². The molecule has 0 saturated carbocycles. The average Bonchev–Trinajstić information content (AvgIpc) is 1.98. The van der Waals surface area contributed by atoms with Crippen LogP contribution in [0.15, 0.2) is 0 Å². The van der Waals surface area contributed by atoms with E-state index in [-0.39, 0.29) is 0 Å². The smallest absolute Gasteiger partial charge is 0.406 e. The highest BCUT2D eigenvalue weighted by molar-refractivity contribution is 7.90. The highest BCUT2D eigenvalue weighted by Gasteiger charge is 2.45. The molecule has 0 aromatic rings. The van der Waals surface area contributed by atoms with Gasteiger partial charge in [0.25, 0.3) is 0 Å². The molecule has 0 amide bonds. The third-order valence-corrected chi connectivity index (χ3v) is 3.10. The second kappa shape index (κ2) is 4.13. The van der Waals surface area contributed by atoms with E-state index in [1.807, 2.05) is 0 Å². The minimum Gasteiger partial charge on any atom is -0.480 e. The normalized spacial score (nSPS) is 15.1. The molecular weight excluding hydrogens is 227 g/mol. The van der Waals surface area contributed by atoms with E-state index in [4.69, 9.17) is 5.11 Å². The van der Waals surface area contributed by atoms with E-state index in [2.05, 4.69) is 0 Å². The Balaban J connectivity index is 4.56. The monoisotopic (exact) mass is 235 g/mol. The molecule has 84 valence electrons. The number of hydrogen-bond donors (Lipinski definition) is 2. The number of rotatable bonds is 4. The molecule has 5 nitrogen and oxygen atoms in total. The first-order chi connectivity index (χ1) is 6.07. The van der Waals surface area contributed by atoms with Gasteiger partial charge in [-0.2, -0.15) is 13.2 Å². The van der Waals surface area contributed by atoms with Gasteiger partial charge in [-0.25, -0.2) is 13.1 Å². The Morgan fingerprint density at radius 2 is 1.93 bits per heavy atom. The van der Waals surface area contributed by atoms with E-state index in [0.717, 1.165) is 0 Å². The quantitative estimate of drug-likeness (QED) is 0.715. The zero-order valence-corrected chi connectivity index (χ0v) is 7.82. The highest BCUT2D eigenvalue weighted by Crippen LogP contribution is 2.24. The predicted molar refractivity (Wildman–Crippen MR) is 40.1 cm³/mol. The molecule has 0 saturated heterocycles. The lowest BCUT2D eigenvalue weighted by Crippen LogP contribution is -2.43. The lowest BCUT2D eigenvalue weighted by Gasteiger charge is -2.15. The third-order valence-electron chi connectivity index (χ3n) is 1.35. The Labute approximate surface area is 78.0 Å². The molecule has 0 bridgehead atoms. The maximum Gasteiger partial charge on any atom is 0.406 e. The van der Waals surface area contributed by atoms with Crippen molar-refractivity contribution in [2.75, 3.05) is 6.54 Å². The number of nitrogens with one attached hydrogen (secondary N) is 1. The molecule has 2 N–H and O–H groups in total. The fourth-order valence-electron chi connectivity index (χ4n) is 0.463. The molecular formula is C5H8F3NO4S. The molecule has 0 rings (SSSR count). The third kappa shape index (κ3) is 3.92. The Kier molecular flexibility index (Phi) is 3.89. The first-order valence-corrected chi connectivity index (χ1v) is 4.89. The van der Waals surface area contributed by atoms with E-state index < -0.39 is 34.0 Å². The van der Waals surface area contributed by atoms with Gasteiger partial charge in [-0.05, 0) is 6.92 Å². The van der Waals surface area contributed by atoms with Crippen LogP contribution in [0.4, 0.5) is 13.2 Å². The van der Waals surface area contributed by atoms with Gasteiger partial charge in [0.2, 0.25) is 10.0 Å². The summed E-state index contributed by atoms with van der Waals surface area (Å²) in [6, 6.07) is 0. The number of sulfonamides is 1. The van der Waals surface area contributed by atoms with E-state index in [1.54, 1.807) is 0 Å². The second-order valence-corrected chi connectivity index (χ2v) is 4.53. The Morgan fingerprint density at radius 1 is 1.50 bits per heavy atom. The summed E-state index contributed by atoms with van der Waals surface area (Å²) in [5.41, 5.74) is 0. The summed E-state index contributed by atoms with van der Waals surface area (Å²) in [4.78, 5) is 9.91. The van der Waals surface area contributed by atoms with Crippen LogP contribution in [0.1, 0.15) is 6.92 Å². The van der Waals surface area contributed by atoms with Crippen LogP contribution in [0, 0.1) is 0 Å². The highest BCUT2D eigenvalue weighted by atomic mass is 32.2. The van der Waals surface area contributed by atoms with Crippen LogP contribution < -0.4 is 4.72 Å². The van der Waals surface area contributed by atoms with Gasteiger partial charge in [-0.15, -0.1) is 0 Å². The van der Waals surface area contributed by atoms with E-state index in [1.165, 1.54) is 4.72 Å². The molecule has 1 unspecified atom stereocenters. The maximum atomic E-state index is 11.9. The number of aliphatic carboxylic acids is 1. The minimum absolute atomic E-state index is 0.435. The number of carboxylic acids is 1. The first-order valence-electron chi connectivity index (χ1n) is 3.34. The van der Waals surface area contributed by atoms with Crippen LogP contribution in [-0.2, 0) is 14.8 Å². The number of alkyl halides is 3. The Bertz CT molecular complexity index is 309. The SMILES string of the molecule is CC(C(F)(F)F)S(=O)(=O)NCC(=O)O. The fourth-order valence-corrected chi connectivity index (χ4v) is 1.39. The van der Waals surface area contributed by atoms with Crippen LogP contribution in [-0.4, -0.2) is 37.5 Å². The average molecular weight is 235 g/mol. The van der Waals surface area contributed by atoms with Crippen LogP contribution in [0.5, 0.6) is 0 Å². The molecule has 0 heterocycles. The van der Waals surface area contributed by atoms with E-state index in [9.17, 15) is 26.4 Å². The van der Waals surface area contributed by atoms with Crippen molar-refractivity contribution < 1.29 is 31.5 Å². The molecule has 9 heteroatoms. The van der Waals surface area contributed by atoms with Crippen LogP contribution in [0.25, 0.3) is 0 Å². The molecule has 0 radical (unpaired) electrons. The van der Waals surface area contributed by atoms with Crippen molar-refractivity contribution >= 4 is 16.0 Å². The number of hydrogen-bond acceptors (Lipinski definition) is 3. The molecule has 0 aliphatic carbocycles. The van der Waals surface area contributed by atoms with Crippen molar-refractivity contribution in [2.45, 2.75) is 18.3 Å². The molecule has 0 aliphatic heterocycles.